The van der Waals surface area contributed by atoms with Gasteiger partial charge in [0, 0.05) is 49.5 Å². The normalized spacial score (nSPS) is 24.2. The van der Waals surface area contributed by atoms with Crippen LogP contribution in [0.15, 0.2) is 36.7 Å². The zero-order chi connectivity index (χ0) is 34.5. The van der Waals surface area contributed by atoms with Crippen LogP contribution in [0.25, 0.3) is 0 Å². The highest BCUT2D eigenvalue weighted by Gasteiger charge is 2.34. The van der Waals surface area contributed by atoms with Gasteiger partial charge in [0.2, 0.25) is 5.95 Å². The molecule has 11 heteroatoms. The van der Waals surface area contributed by atoms with Crippen LogP contribution in [-0.2, 0) is 24.2 Å². The highest BCUT2D eigenvalue weighted by molar-refractivity contribution is 5.70. The number of carbonyl (C=O) groups is 1. The Morgan fingerprint density at radius 3 is 2.63 bits per heavy atom. The van der Waals surface area contributed by atoms with E-state index in [1.165, 1.54) is 6.07 Å². The van der Waals surface area contributed by atoms with Gasteiger partial charge in [-0.2, -0.15) is 10.1 Å². The van der Waals surface area contributed by atoms with Crippen LogP contribution in [0, 0.1) is 17.7 Å². The summed E-state index contributed by atoms with van der Waals surface area (Å²) >= 11 is 0. The maximum Gasteiger partial charge on any atom is 0.306 e. The van der Waals surface area contributed by atoms with Gasteiger partial charge < -0.3 is 20.4 Å². The Kier molecular flexibility index (Phi) is 11.5. The fourth-order valence-electron chi connectivity index (χ4n) is 8.62. The van der Waals surface area contributed by atoms with E-state index in [1.807, 2.05) is 16.9 Å². The second-order valence-electron chi connectivity index (χ2n) is 14.5. The molecule has 10 nitrogen and oxygen atoms in total. The van der Waals surface area contributed by atoms with Crippen LogP contribution in [0.3, 0.4) is 0 Å². The number of likely N-dealkylation sites (tertiary alicyclic amines) is 1. The first-order chi connectivity index (χ1) is 23.8. The van der Waals surface area contributed by atoms with Crippen molar-refractivity contribution >= 4 is 17.7 Å². The first kappa shape index (κ1) is 35.3. The summed E-state index contributed by atoms with van der Waals surface area (Å²) in [6.07, 6.45) is 13.7. The van der Waals surface area contributed by atoms with E-state index < -0.39 is 5.97 Å². The maximum atomic E-state index is 14.3. The van der Waals surface area contributed by atoms with Gasteiger partial charge in [-0.1, -0.05) is 25.5 Å². The van der Waals surface area contributed by atoms with Crippen LogP contribution >= 0.6 is 0 Å². The summed E-state index contributed by atoms with van der Waals surface area (Å²) in [4.78, 5) is 26.8. The van der Waals surface area contributed by atoms with Gasteiger partial charge in [0.15, 0.2) is 0 Å². The SMILES string of the molecule is CC[C@H](C1CCC(C(=O)O)CC1)N(C)c1nc2c(c(N[C@@H](CN3CCCC[C@@H]3CO)c3cnn(CC)c3)n1)C[C@H](c1cccc(F)c1)CC2. The van der Waals surface area contributed by atoms with Gasteiger partial charge in [0.1, 0.15) is 11.6 Å². The van der Waals surface area contributed by atoms with Crippen molar-refractivity contribution in [2.45, 2.75) is 115 Å². The van der Waals surface area contributed by atoms with Crippen molar-refractivity contribution in [1.82, 2.24) is 24.6 Å². The first-order valence-electron chi connectivity index (χ1n) is 18.5. The van der Waals surface area contributed by atoms with Crippen molar-refractivity contribution in [3.05, 3.63) is 64.9 Å². The Hall–Kier alpha value is -3.57. The van der Waals surface area contributed by atoms with Gasteiger partial charge in [0.25, 0.3) is 0 Å². The maximum absolute atomic E-state index is 14.3. The second-order valence-corrected chi connectivity index (χ2v) is 14.5. The number of piperidine rings is 1. The van der Waals surface area contributed by atoms with Crippen LogP contribution in [0.2, 0.25) is 0 Å². The largest absolute Gasteiger partial charge is 0.481 e. The number of halogens is 1. The molecule has 3 aromatic rings. The molecule has 0 bridgehead atoms. The lowest BCUT2D eigenvalue weighted by Gasteiger charge is -2.39. The van der Waals surface area contributed by atoms with Crippen LogP contribution in [-0.4, -0.2) is 79.7 Å². The molecule has 1 aliphatic heterocycles. The molecule has 2 aromatic heterocycles. The van der Waals surface area contributed by atoms with Gasteiger partial charge in [-0.3, -0.25) is 14.4 Å². The van der Waals surface area contributed by atoms with Crippen molar-refractivity contribution < 1.29 is 19.4 Å². The first-order valence-corrected chi connectivity index (χ1v) is 18.5. The quantitative estimate of drug-likeness (QED) is 0.194. The minimum atomic E-state index is -0.681. The lowest BCUT2D eigenvalue weighted by atomic mass is 9.77. The predicted octanol–water partition coefficient (Wildman–Crippen LogP) is 6.21. The van der Waals surface area contributed by atoms with Crippen molar-refractivity contribution in [3.8, 4) is 0 Å². The van der Waals surface area contributed by atoms with Gasteiger partial charge in [-0.25, -0.2) is 9.37 Å². The molecule has 0 unspecified atom stereocenters. The highest BCUT2D eigenvalue weighted by atomic mass is 19.1. The molecule has 3 heterocycles. The Morgan fingerprint density at radius 2 is 1.94 bits per heavy atom. The fourth-order valence-corrected chi connectivity index (χ4v) is 8.62. The van der Waals surface area contributed by atoms with E-state index in [9.17, 15) is 19.4 Å². The number of aromatic nitrogens is 4. The third-order valence-corrected chi connectivity index (χ3v) is 11.5. The van der Waals surface area contributed by atoms with Crippen LogP contribution in [0.4, 0.5) is 16.2 Å². The number of anilines is 2. The number of aliphatic hydroxyl groups is 1. The Labute approximate surface area is 290 Å². The zero-order valence-electron chi connectivity index (χ0n) is 29.4. The second kappa shape index (κ2) is 16.0. The summed E-state index contributed by atoms with van der Waals surface area (Å²) in [5.41, 5.74) is 4.19. The number of carboxylic acids is 1. The number of nitrogens with one attached hydrogen (secondary N) is 1. The molecule has 0 amide bonds. The Morgan fingerprint density at radius 1 is 1.12 bits per heavy atom. The van der Waals surface area contributed by atoms with Crippen LogP contribution < -0.4 is 10.2 Å². The summed E-state index contributed by atoms with van der Waals surface area (Å²) < 4.78 is 16.3. The van der Waals surface area contributed by atoms with Crippen molar-refractivity contribution in [3.63, 3.8) is 0 Å². The molecule has 1 saturated carbocycles. The molecule has 49 heavy (non-hydrogen) atoms. The van der Waals surface area contributed by atoms with Crippen molar-refractivity contribution in [1.29, 1.82) is 0 Å². The standard InChI is InChI=1S/C38H54FN7O3/c1-4-35(25-12-14-26(15-13-25)37(48)49)44(3)38-42-33-17-16-28(27-9-8-10-30(39)19-27)20-32(33)36(43-38)41-34(29-21-40-46(5-2)22-29)23-45-18-7-6-11-31(45)24-47/h8-10,19,21-22,25-26,28,31,34-35,47H,4-7,11-18,20,23-24H2,1-3H3,(H,48,49)(H,41,42,43)/t25?,26?,28-,31-,34+,35-/m1/s1. The molecular weight excluding hydrogens is 621 g/mol. The summed E-state index contributed by atoms with van der Waals surface area (Å²) in [5, 5.41) is 28.3. The van der Waals surface area contributed by atoms with Crippen molar-refractivity contribution in [2.24, 2.45) is 11.8 Å². The number of hydrogen-bond acceptors (Lipinski definition) is 8. The van der Waals surface area contributed by atoms with Crippen molar-refractivity contribution in [2.75, 3.05) is 37.0 Å². The molecule has 3 N–H and O–H groups in total. The predicted molar refractivity (Wildman–Crippen MR) is 189 cm³/mol. The third-order valence-electron chi connectivity index (χ3n) is 11.5. The number of aliphatic carboxylic acids is 1. The number of hydrogen-bond donors (Lipinski definition) is 3. The summed E-state index contributed by atoms with van der Waals surface area (Å²) in [7, 11) is 2.09. The highest BCUT2D eigenvalue weighted by Crippen LogP contribution is 2.39. The molecule has 3 aliphatic rings. The Balaban J connectivity index is 1.35. The molecule has 2 aliphatic carbocycles. The van der Waals surface area contributed by atoms with E-state index in [2.05, 4.69) is 47.3 Å². The smallest absolute Gasteiger partial charge is 0.306 e. The topological polar surface area (TPSA) is 120 Å². The average Bonchev–Trinajstić information content (AvgIpc) is 3.61. The number of benzene rings is 1. The molecule has 266 valence electrons. The molecule has 1 saturated heterocycles. The molecule has 4 atom stereocenters. The van der Waals surface area contributed by atoms with Crippen LogP contribution in [0.5, 0.6) is 0 Å². The van der Waals surface area contributed by atoms with Gasteiger partial charge >= 0.3 is 5.97 Å². The molecular formula is C38H54FN7O3. The number of carboxylic acid groups (broad SMARTS) is 1. The van der Waals surface area contributed by atoms with Gasteiger partial charge in [-0.05, 0) is 107 Å². The minimum absolute atomic E-state index is 0.118. The van der Waals surface area contributed by atoms with Gasteiger partial charge in [0.05, 0.1) is 30.5 Å². The number of rotatable bonds is 13. The van der Waals surface area contributed by atoms with E-state index in [1.54, 1.807) is 12.1 Å². The fraction of sp³-hybridized carbons (Fsp3) is 0.632. The average molecular weight is 676 g/mol. The molecule has 1 aromatic carbocycles. The lowest BCUT2D eigenvalue weighted by molar-refractivity contribution is -0.143. The summed E-state index contributed by atoms with van der Waals surface area (Å²) in [6.45, 7) is 6.84. The number of aliphatic hydroxyl groups excluding tert-OH is 1. The van der Waals surface area contributed by atoms with E-state index >= 15 is 0 Å². The summed E-state index contributed by atoms with van der Waals surface area (Å²) in [6, 6.07) is 7.17. The van der Waals surface area contributed by atoms with Gasteiger partial charge in [-0.15, -0.1) is 0 Å². The van der Waals surface area contributed by atoms with Crippen LogP contribution in [0.1, 0.15) is 106 Å². The molecule has 6 rings (SSSR count). The minimum Gasteiger partial charge on any atom is -0.481 e. The monoisotopic (exact) mass is 675 g/mol. The number of aryl methyl sites for hydroxylation is 2. The van der Waals surface area contributed by atoms with E-state index in [4.69, 9.17) is 9.97 Å². The molecule has 2 fully saturated rings. The molecule has 0 radical (unpaired) electrons. The Bertz CT molecular complexity index is 1560. The lowest BCUT2D eigenvalue weighted by Crippen LogP contribution is -2.45. The van der Waals surface area contributed by atoms with E-state index in [0.717, 1.165) is 92.7 Å². The third kappa shape index (κ3) is 8.09. The van der Waals surface area contributed by atoms with E-state index in [0.29, 0.717) is 37.7 Å². The zero-order valence-corrected chi connectivity index (χ0v) is 29.4. The number of fused-ring (bicyclic) bond motifs is 1. The van der Waals surface area contributed by atoms with E-state index in [-0.39, 0.29) is 42.4 Å². The number of nitrogens with zero attached hydrogens (tertiary/aromatic N) is 6. The molecule has 0 spiro atoms. The summed E-state index contributed by atoms with van der Waals surface area (Å²) in [5.74, 6) is 0.883.